The zero-order valence-corrected chi connectivity index (χ0v) is 19.2. The number of aryl methyl sites for hydroxylation is 1. The van der Waals surface area contributed by atoms with E-state index < -0.39 is 21.8 Å². The summed E-state index contributed by atoms with van der Waals surface area (Å²) in [4.78, 5) is 24.9. The van der Waals surface area contributed by atoms with Crippen LogP contribution >= 0.6 is 0 Å². The van der Waals surface area contributed by atoms with Gasteiger partial charge in [-0.15, -0.1) is 0 Å². The summed E-state index contributed by atoms with van der Waals surface area (Å²) in [5.41, 5.74) is 2.71. The quantitative estimate of drug-likeness (QED) is 0.406. The zero-order valence-electron chi connectivity index (χ0n) is 18.4. The number of hydrogen-bond acceptors (Lipinski definition) is 5. The van der Waals surface area contributed by atoms with E-state index in [-0.39, 0.29) is 16.8 Å². The molecule has 0 aliphatic carbocycles. The van der Waals surface area contributed by atoms with Crippen molar-refractivity contribution in [2.24, 2.45) is 0 Å². The van der Waals surface area contributed by atoms with Crippen molar-refractivity contribution in [1.29, 1.82) is 0 Å². The van der Waals surface area contributed by atoms with E-state index in [4.69, 9.17) is 0 Å². The molecule has 0 atom stereocenters. The highest BCUT2D eigenvalue weighted by Crippen LogP contribution is 2.28. The van der Waals surface area contributed by atoms with E-state index >= 15 is 4.39 Å². The number of halogens is 1. The van der Waals surface area contributed by atoms with E-state index in [0.717, 1.165) is 29.7 Å². The number of nitrogens with zero attached hydrogens (tertiary/aromatic N) is 3. The summed E-state index contributed by atoms with van der Waals surface area (Å²) in [5.74, 6) is -1.50. The maximum atomic E-state index is 15.3. The Hall–Kier alpha value is -3.63. The number of anilines is 1. The third kappa shape index (κ3) is 4.06. The number of nitrogens with one attached hydrogen (secondary N) is 2. The molecule has 8 nitrogen and oxygen atoms in total. The molecule has 5 rings (SSSR count). The SMILES string of the molecule is Cc1ccc(-c2cnc3[nH]cc(C(=O)c4cccc(NS(=O)(=O)N5CCCC5)c4F)c3c2)cn1. The molecule has 3 aromatic heterocycles. The van der Waals surface area contributed by atoms with Gasteiger partial charge in [0.2, 0.25) is 0 Å². The fourth-order valence-electron chi connectivity index (χ4n) is 4.05. The minimum absolute atomic E-state index is 0.232. The molecule has 1 aliphatic rings. The molecule has 0 spiro atoms. The van der Waals surface area contributed by atoms with Crippen molar-refractivity contribution < 1.29 is 17.6 Å². The van der Waals surface area contributed by atoms with E-state index in [0.29, 0.717) is 24.1 Å². The minimum Gasteiger partial charge on any atom is -0.345 e. The molecule has 1 fully saturated rings. The molecule has 4 aromatic rings. The van der Waals surface area contributed by atoms with Crippen molar-refractivity contribution in [3.8, 4) is 11.1 Å². The summed E-state index contributed by atoms with van der Waals surface area (Å²) in [6.07, 6.45) is 6.40. The molecule has 0 unspecified atom stereocenters. The van der Waals surface area contributed by atoms with Crippen LogP contribution < -0.4 is 4.72 Å². The lowest BCUT2D eigenvalue weighted by atomic mass is 10.0. The van der Waals surface area contributed by atoms with Crippen LogP contribution in [-0.2, 0) is 10.2 Å². The van der Waals surface area contributed by atoms with Crippen LogP contribution in [0.3, 0.4) is 0 Å². The fraction of sp³-hybridized carbons (Fsp3) is 0.208. The second-order valence-corrected chi connectivity index (χ2v) is 9.89. The Labute approximate surface area is 196 Å². The van der Waals surface area contributed by atoms with Gasteiger partial charge in [0.05, 0.1) is 11.3 Å². The smallest absolute Gasteiger partial charge is 0.301 e. The Kier molecular flexibility index (Phi) is 5.62. The number of pyridine rings is 2. The summed E-state index contributed by atoms with van der Waals surface area (Å²) in [6.45, 7) is 2.66. The number of carbonyl (C=O) groups excluding carboxylic acids is 1. The predicted octanol–water partition coefficient (Wildman–Crippen LogP) is 4.06. The number of benzene rings is 1. The van der Waals surface area contributed by atoms with Crippen LogP contribution in [0.2, 0.25) is 0 Å². The fourth-order valence-corrected chi connectivity index (χ4v) is 5.35. The Morgan fingerprint density at radius 1 is 1.06 bits per heavy atom. The molecule has 0 bridgehead atoms. The van der Waals surface area contributed by atoms with Gasteiger partial charge in [-0.2, -0.15) is 12.7 Å². The van der Waals surface area contributed by atoms with Gasteiger partial charge >= 0.3 is 10.2 Å². The summed E-state index contributed by atoms with van der Waals surface area (Å²) < 4.78 is 44.0. The van der Waals surface area contributed by atoms with Crippen molar-refractivity contribution in [2.75, 3.05) is 17.8 Å². The van der Waals surface area contributed by atoms with Crippen molar-refractivity contribution in [1.82, 2.24) is 19.3 Å². The first kappa shape index (κ1) is 22.2. The van der Waals surface area contributed by atoms with Crippen LogP contribution in [0, 0.1) is 12.7 Å². The third-order valence-corrected chi connectivity index (χ3v) is 7.43. The summed E-state index contributed by atoms with van der Waals surface area (Å²) in [7, 11) is -3.90. The van der Waals surface area contributed by atoms with E-state index in [1.165, 1.54) is 28.7 Å². The van der Waals surface area contributed by atoms with Crippen molar-refractivity contribution in [3.63, 3.8) is 0 Å². The van der Waals surface area contributed by atoms with Gasteiger partial charge in [-0.1, -0.05) is 12.1 Å². The molecule has 0 radical (unpaired) electrons. The average molecular weight is 480 g/mol. The van der Waals surface area contributed by atoms with E-state index in [2.05, 4.69) is 19.7 Å². The van der Waals surface area contributed by atoms with Gasteiger partial charge in [0.15, 0.2) is 11.6 Å². The lowest BCUT2D eigenvalue weighted by Gasteiger charge is -2.17. The summed E-state index contributed by atoms with van der Waals surface area (Å²) in [5, 5.41) is 0.533. The Bertz CT molecular complexity index is 1490. The topological polar surface area (TPSA) is 108 Å². The number of fused-ring (bicyclic) bond motifs is 1. The average Bonchev–Trinajstić information content (AvgIpc) is 3.51. The van der Waals surface area contributed by atoms with Crippen LogP contribution in [0.4, 0.5) is 10.1 Å². The zero-order chi connectivity index (χ0) is 23.9. The van der Waals surface area contributed by atoms with Gasteiger partial charge in [0, 0.05) is 59.5 Å². The Morgan fingerprint density at radius 3 is 2.56 bits per heavy atom. The lowest BCUT2D eigenvalue weighted by Crippen LogP contribution is -2.33. The van der Waals surface area contributed by atoms with Crippen molar-refractivity contribution >= 4 is 32.7 Å². The molecule has 0 amide bonds. The highest BCUT2D eigenvalue weighted by Gasteiger charge is 2.27. The first-order chi connectivity index (χ1) is 16.3. The predicted molar refractivity (Wildman–Crippen MR) is 127 cm³/mol. The highest BCUT2D eigenvalue weighted by atomic mass is 32.2. The molecule has 4 heterocycles. The van der Waals surface area contributed by atoms with Gasteiger partial charge in [0.25, 0.3) is 0 Å². The first-order valence-corrected chi connectivity index (χ1v) is 12.3. The maximum absolute atomic E-state index is 15.3. The largest absolute Gasteiger partial charge is 0.345 e. The number of rotatable bonds is 6. The molecule has 1 aliphatic heterocycles. The van der Waals surface area contributed by atoms with Gasteiger partial charge < -0.3 is 4.98 Å². The Morgan fingerprint density at radius 2 is 1.82 bits per heavy atom. The lowest BCUT2D eigenvalue weighted by molar-refractivity contribution is 0.103. The van der Waals surface area contributed by atoms with E-state index in [1.807, 2.05) is 19.1 Å². The normalized spacial score (nSPS) is 14.5. The van der Waals surface area contributed by atoms with Crippen molar-refractivity contribution in [2.45, 2.75) is 19.8 Å². The van der Waals surface area contributed by atoms with Crippen LogP contribution in [0.25, 0.3) is 22.2 Å². The second kappa shape index (κ2) is 8.62. The number of aromatic nitrogens is 3. The number of H-pyrrole nitrogens is 1. The minimum atomic E-state index is -3.90. The van der Waals surface area contributed by atoms with Crippen molar-refractivity contribution in [3.05, 3.63) is 77.6 Å². The van der Waals surface area contributed by atoms with E-state index in [1.54, 1.807) is 18.5 Å². The summed E-state index contributed by atoms with van der Waals surface area (Å²) >= 11 is 0. The molecule has 1 saturated heterocycles. The molecule has 2 N–H and O–H groups in total. The van der Waals surface area contributed by atoms with Gasteiger partial charge in [-0.05, 0) is 44.0 Å². The molecule has 10 heteroatoms. The molecule has 0 saturated carbocycles. The maximum Gasteiger partial charge on any atom is 0.301 e. The van der Waals surface area contributed by atoms with Crippen LogP contribution in [0.1, 0.15) is 34.5 Å². The standard InChI is InChI=1S/C24H22FN5O3S/c1-15-7-8-16(12-26-15)17-11-19-20(14-28-24(19)27-13-17)23(31)18-5-4-6-21(22(18)25)29-34(32,33)30-9-2-3-10-30/h4-8,11-14,29H,2-3,9-10H2,1H3,(H,27,28). The number of ketones is 1. The number of hydrogen-bond donors (Lipinski definition) is 2. The summed E-state index contributed by atoms with van der Waals surface area (Å²) in [6, 6.07) is 9.69. The van der Waals surface area contributed by atoms with Crippen LogP contribution in [-0.4, -0.2) is 46.5 Å². The first-order valence-electron chi connectivity index (χ1n) is 10.8. The molecule has 174 valence electrons. The van der Waals surface area contributed by atoms with Gasteiger partial charge in [0.1, 0.15) is 5.65 Å². The van der Waals surface area contributed by atoms with Gasteiger partial charge in [-0.25, -0.2) is 9.37 Å². The molecule has 1 aromatic carbocycles. The third-order valence-electron chi connectivity index (χ3n) is 5.91. The highest BCUT2D eigenvalue weighted by molar-refractivity contribution is 7.90. The van der Waals surface area contributed by atoms with Gasteiger partial charge in [-0.3, -0.25) is 14.5 Å². The molecular formula is C24H22FN5O3S. The molecule has 34 heavy (non-hydrogen) atoms. The second-order valence-electron chi connectivity index (χ2n) is 8.22. The van der Waals surface area contributed by atoms with Crippen LogP contribution in [0.15, 0.2) is 55.0 Å². The van der Waals surface area contributed by atoms with E-state index in [9.17, 15) is 13.2 Å². The number of carbonyl (C=O) groups is 1. The monoisotopic (exact) mass is 479 g/mol. The molecular weight excluding hydrogens is 457 g/mol. The Balaban J connectivity index is 1.50. The van der Waals surface area contributed by atoms with Crippen LogP contribution in [0.5, 0.6) is 0 Å². The number of aromatic amines is 1.